The van der Waals surface area contributed by atoms with Crippen LogP contribution in [0.5, 0.6) is 0 Å². The van der Waals surface area contributed by atoms with E-state index in [0.717, 1.165) is 12.0 Å². The average molecular weight is 271 g/mol. The van der Waals surface area contributed by atoms with E-state index in [1.165, 1.54) is 0 Å². The first-order chi connectivity index (χ1) is 8.46. The second kappa shape index (κ2) is 6.51. The fourth-order valence-electron chi connectivity index (χ4n) is 1.43. The van der Waals surface area contributed by atoms with E-state index >= 15 is 0 Å². The standard InChI is InChI=1S/C12H17NO4S/c1-2-10-3-5-11(6-4-10)13-12(15)9-18(16,17)8-7-14/h3-6,14H,2,7-9H2,1H3,(H,13,15). The maximum Gasteiger partial charge on any atom is 0.239 e. The van der Waals surface area contributed by atoms with Crippen LogP contribution in [-0.4, -0.2) is 37.5 Å². The molecule has 1 rings (SSSR count). The minimum Gasteiger partial charge on any atom is -0.395 e. The third-order valence-electron chi connectivity index (χ3n) is 2.40. The number of nitrogens with one attached hydrogen (secondary N) is 1. The number of aryl methyl sites for hydroxylation is 1. The number of sulfone groups is 1. The van der Waals surface area contributed by atoms with E-state index in [9.17, 15) is 13.2 Å². The predicted molar refractivity (Wildman–Crippen MR) is 70.2 cm³/mol. The number of hydrogen-bond acceptors (Lipinski definition) is 4. The molecule has 0 aliphatic carbocycles. The molecule has 6 heteroatoms. The van der Waals surface area contributed by atoms with Crippen LogP contribution in [0, 0.1) is 0 Å². The van der Waals surface area contributed by atoms with Crippen LogP contribution in [0.3, 0.4) is 0 Å². The molecule has 0 bridgehead atoms. The van der Waals surface area contributed by atoms with Gasteiger partial charge in [-0.05, 0) is 24.1 Å². The van der Waals surface area contributed by atoms with Gasteiger partial charge < -0.3 is 10.4 Å². The minimum atomic E-state index is -3.53. The molecule has 2 N–H and O–H groups in total. The SMILES string of the molecule is CCc1ccc(NC(=O)CS(=O)(=O)CCO)cc1. The number of rotatable bonds is 6. The number of anilines is 1. The zero-order valence-corrected chi connectivity index (χ0v) is 11.0. The molecule has 100 valence electrons. The maximum absolute atomic E-state index is 11.5. The number of carbonyl (C=O) groups is 1. The van der Waals surface area contributed by atoms with Crippen LogP contribution in [0.4, 0.5) is 5.69 Å². The first-order valence-corrected chi connectivity index (χ1v) is 7.49. The van der Waals surface area contributed by atoms with Crippen molar-refractivity contribution in [2.24, 2.45) is 0 Å². The van der Waals surface area contributed by atoms with Crippen molar-refractivity contribution >= 4 is 21.4 Å². The first kappa shape index (κ1) is 14.7. The van der Waals surface area contributed by atoms with Crippen molar-refractivity contribution in [3.8, 4) is 0 Å². The van der Waals surface area contributed by atoms with Crippen molar-refractivity contribution in [3.63, 3.8) is 0 Å². The average Bonchev–Trinajstić information content (AvgIpc) is 2.28. The Morgan fingerprint density at radius 3 is 2.39 bits per heavy atom. The van der Waals surface area contributed by atoms with Gasteiger partial charge in [0, 0.05) is 5.69 Å². The van der Waals surface area contributed by atoms with E-state index in [0.29, 0.717) is 5.69 Å². The van der Waals surface area contributed by atoms with Crippen molar-refractivity contribution in [1.82, 2.24) is 0 Å². The van der Waals surface area contributed by atoms with Gasteiger partial charge in [-0.25, -0.2) is 8.42 Å². The molecule has 0 aliphatic heterocycles. The lowest BCUT2D eigenvalue weighted by Gasteiger charge is -2.06. The lowest BCUT2D eigenvalue weighted by Crippen LogP contribution is -2.25. The Bertz CT molecular complexity index is 493. The fraction of sp³-hybridized carbons (Fsp3) is 0.417. The number of aliphatic hydroxyl groups excluding tert-OH is 1. The number of carbonyl (C=O) groups excluding carboxylic acids is 1. The number of benzene rings is 1. The Labute approximate surface area is 107 Å². The smallest absolute Gasteiger partial charge is 0.239 e. The Morgan fingerprint density at radius 2 is 1.89 bits per heavy atom. The zero-order chi connectivity index (χ0) is 13.6. The third-order valence-corrected chi connectivity index (χ3v) is 3.91. The monoisotopic (exact) mass is 271 g/mol. The van der Waals surface area contributed by atoms with Gasteiger partial charge in [-0.3, -0.25) is 4.79 Å². The molecule has 0 aliphatic rings. The number of hydrogen-bond donors (Lipinski definition) is 2. The molecule has 0 saturated carbocycles. The second-order valence-electron chi connectivity index (χ2n) is 3.91. The third kappa shape index (κ3) is 4.85. The lowest BCUT2D eigenvalue weighted by molar-refractivity contribution is -0.113. The zero-order valence-electron chi connectivity index (χ0n) is 10.2. The number of aliphatic hydroxyl groups is 1. The highest BCUT2D eigenvalue weighted by Gasteiger charge is 2.15. The summed E-state index contributed by atoms with van der Waals surface area (Å²) in [5, 5.41) is 11.1. The quantitative estimate of drug-likeness (QED) is 0.793. The lowest BCUT2D eigenvalue weighted by atomic mass is 10.1. The summed E-state index contributed by atoms with van der Waals surface area (Å²) in [5.74, 6) is -1.59. The van der Waals surface area contributed by atoms with E-state index in [4.69, 9.17) is 5.11 Å². The van der Waals surface area contributed by atoms with Gasteiger partial charge in [0.25, 0.3) is 0 Å². The van der Waals surface area contributed by atoms with Gasteiger partial charge in [-0.2, -0.15) is 0 Å². The normalized spacial score (nSPS) is 11.2. The molecule has 0 aromatic heterocycles. The molecule has 1 aromatic carbocycles. The summed E-state index contributed by atoms with van der Waals surface area (Å²) < 4.78 is 22.6. The minimum absolute atomic E-state index is 0.394. The van der Waals surface area contributed by atoms with Crippen LogP contribution in [0.2, 0.25) is 0 Å². The summed E-state index contributed by atoms with van der Waals surface area (Å²) in [7, 11) is -3.53. The molecule has 1 aromatic rings. The molecule has 0 radical (unpaired) electrons. The van der Waals surface area contributed by atoms with Crippen LogP contribution >= 0.6 is 0 Å². The Hall–Kier alpha value is -1.40. The van der Waals surface area contributed by atoms with Crippen molar-refractivity contribution in [2.45, 2.75) is 13.3 Å². The Morgan fingerprint density at radius 1 is 1.28 bits per heavy atom. The molecular formula is C12H17NO4S. The largest absolute Gasteiger partial charge is 0.395 e. The highest BCUT2D eigenvalue weighted by molar-refractivity contribution is 7.92. The molecule has 18 heavy (non-hydrogen) atoms. The number of amides is 1. The van der Waals surface area contributed by atoms with Crippen molar-refractivity contribution in [3.05, 3.63) is 29.8 Å². The Kier molecular flexibility index (Phi) is 5.30. The van der Waals surface area contributed by atoms with Crippen LogP contribution in [-0.2, 0) is 21.1 Å². The molecule has 0 heterocycles. The van der Waals surface area contributed by atoms with Gasteiger partial charge in [0.1, 0.15) is 5.75 Å². The summed E-state index contributed by atoms with van der Waals surface area (Å²) in [6, 6.07) is 7.21. The van der Waals surface area contributed by atoms with Crippen molar-refractivity contribution < 1.29 is 18.3 Å². The molecule has 0 spiro atoms. The molecule has 0 saturated heterocycles. The van der Waals surface area contributed by atoms with Gasteiger partial charge >= 0.3 is 0 Å². The maximum atomic E-state index is 11.5. The molecule has 0 unspecified atom stereocenters. The van der Waals surface area contributed by atoms with Gasteiger partial charge in [0.05, 0.1) is 12.4 Å². The summed E-state index contributed by atoms with van der Waals surface area (Å²) in [6.45, 7) is 1.55. The van der Waals surface area contributed by atoms with Gasteiger partial charge in [-0.1, -0.05) is 19.1 Å². The van der Waals surface area contributed by atoms with E-state index in [-0.39, 0.29) is 0 Å². The molecule has 1 amide bonds. The van der Waals surface area contributed by atoms with E-state index in [1.54, 1.807) is 12.1 Å². The van der Waals surface area contributed by atoms with E-state index in [1.807, 2.05) is 19.1 Å². The highest BCUT2D eigenvalue weighted by atomic mass is 32.2. The first-order valence-electron chi connectivity index (χ1n) is 5.67. The topological polar surface area (TPSA) is 83.5 Å². The van der Waals surface area contributed by atoms with Gasteiger partial charge in [0.2, 0.25) is 5.91 Å². The predicted octanol–water partition coefficient (Wildman–Crippen LogP) is 0.595. The van der Waals surface area contributed by atoms with Crippen molar-refractivity contribution in [2.75, 3.05) is 23.4 Å². The van der Waals surface area contributed by atoms with Gasteiger partial charge in [0.15, 0.2) is 9.84 Å². The summed E-state index contributed by atoms with van der Waals surface area (Å²) in [4.78, 5) is 11.5. The van der Waals surface area contributed by atoms with Crippen LogP contribution in [0.1, 0.15) is 12.5 Å². The van der Waals surface area contributed by atoms with Crippen LogP contribution < -0.4 is 5.32 Å². The molecule has 5 nitrogen and oxygen atoms in total. The Balaban J connectivity index is 2.59. The summed E-state index contributed by atoms with van der Waals surface area (Å²) in [5.41, 5.74) is 1.71. The highest BCUT2D eigenvalue weighted by Crippen LogP contribution is 2.10. The van der Waals surface area contributed by atoms with Crippen LogP contribution in [0.15, 0.2) is 24.3 Å². The second-order valence-corrected chi connectivity index (χ2v) is 6.10. The fourth-order valence-corrected chi connectivity index (χ4v) is 2.33. The molecule has 0 fully saturated rings. The van der Waals surface area contributed by atoms with E-state index < -0.39 is 33.9 Å². The van der Waals surface area contributed by atoms with E-state index in [2.05, 4.69) is 5.32 Å². The van der Waals surface area contributed by atoms with Crippen LogP contribution in [0.25, 0.3) is 0 Å². The molecule has 0 atom stereocenters. The van der Waals surface area contributed by atoms with Gasteiger partial charge in [-0.15, -0.1) is 0 Å². The van der Waals surface area contributed by atoms with Crippen molar-refractivity contribution in [1.29, 1.82) is 0 Å². The summed E-state index contributed by atoms with van der Waals surface area (Å²) in [6.07, 6.45) is 0.902. The summed E-state index contributed by atoms with van der Waals surface area (Å²) >= 11 is 0. The molecular weight excluding hydrogens is 254 g/mol.